The lowest BCUT2D eigenvalue weighted by atomic mass is 9.96. The van der Waals surface area contributed by atoms with E-state index in [2.05, 4.69) is 112 Å². The van der Waals surface area contributed by atoms with Crippen LogP contribution in [0.25, 0.3) is 22.0 Å². The van der Waals surface area contributed by atoms with E-state index < -0.39 is 0 Å². The maximum Gasteiger partial charge on any atom is 0.336 e. The molecule has 0 saturated carbocycles. The SMILES string of the molecule is c1ccc(-c2c3ccccc3c3n2[C@@H]2c4cccc(c4)C4=[N+]2C(=N3)c2ccccc24)cc1. The van der Waals surface area contributed by atoms with E-state index in [4.69, 9.17) is 4.99 Å². The molecule has 4 aromatic carbocycles. The molecule has 0 radical (unpaired) electrons. The summed E-state index contributed by atoms with van der Waals surface area (Å²) in [6, 6.07) is 37.1. The highest BCUT2D eigenvalue weighted by Crippen LogP contribution is 2.48. The maximum atomic E-state index is 5.34. The van der Waals surface area contributed by atoms with E-state index in [0.29, 0.717) is 0 Å². The van der Waals surface area contributed by atoms with E-state index in [0.717, 1.165) is 11.7 Å². The van der Waals surface area contributed by atoms with Gasteiger partial charge < -0.3 is 0 Å². The molecule has 0 saturated heterocycles. The Morgan fingerprint density at radius 2 is 1.38 bits per heavy atom. The number of aliphatic imine (C=N–C) groups is 1. The van der Waals surface area contributed by atoms with Crippen LogP contribution in [0.15, 0.2) is 108 Å². The Hall–Kier alpha value is -4.24. The smallest absolute Gasteiger partial charge is 0.259 e. The van der Waals surface area contributed by atoms with E-state index in [9.17, 15) is 0 Å². The van der Waals surface area contributed by atoms with E-state index in [1.54, 1.807) is 0 Å². The molecule has 5 aromatic rings. The Morgan fingerprint density at radius 3 is 2.25 bits per heavy atom. The van der Waals surface area contributed by atoms with Gasteiger partial charge in [-0.25, -0.2) is 0 Å². The molecule has 0 spiro atoms. The third kappa shape index (κ3) is 1.88. The van der Waals surface area contributed by atoms with Crippen LogP contribution in [-0.4, -0.2) is 20.7 Å². The van der Waals surface area contributed by atoms with Crippen LogP contribution in [0.4, 0.5) is 5.82 Å². The summed E-state index contributed by atoms with van der Waals surface area (Å²) in [6.45, 7) is 0. The van der Waals surface area contributed by atoms with Crippen molar-refractivity contribution >= 4 is 28.1 Å². The average Bonchev–Trinajstić information content (AvgIpc) is 3.36. The number of nitrogens with zero attached hydrogens (tertiary/aromatic N) is 3. The van der Waals surface area contributed by atoms with Crippen LogP contribution >= 0.6 is 0 Å². The zero-order valence-corrected chi connectivity index (χ0v) is 17.2. The number of rotatable bonds is 1. The van der Waals surface area contributed by atoms with E-state index in [-0.39, 0.29) is 6.17 Å². The molecule has 8 rings (SSSR count). The quantitative estimate of drug-likeness (QED) is 0.298. The van der Waals surface area contributed by atoms with E-state index in [1.807, 2.05) is 0 Å². The summed E-state index contributed by atoms with van der Waals surface area (Å²) < 4.78 is 4.90. The van der Waals surface area contributed by atoms with Crippen molar-refractivity contribution in [3.8, 4) is 11.3 Å². The topological polar surface area (TPSA) is 20.3 Å². The van der Waals surface area contributed by atoms with Crippen LogP contribution in [-0.2, 0) is 0 Å². The molecule has 3 aliphatic heterocycles. The summed E-state index contributed by atoms with van der Waals surface area (Å²) in [5, 5.41) is 2.45. The first-order valence-corrected chi connectivity index (χ1v) is 11.0. The van der Waals surface area contributed by atoms with Crippen molar-refractivity contribution in [1.82, 2.24) is 4.57 Å². The van der Waals surface area contributed by atoms with Crippen molar-refractivity contribution in [3.05, 3.63) is 125 Å². The van der Waals surface area contributed by atoms with Gasteiger partial charge in [0.2, 0.25) is 6.17 Å². The standard InChI is InChI=1S/C29H18N3/c1-2-9-18(10-3-1)25-21-13-4-6-15-23(21)27-30-28-24-16-7-5-14-22(24)26-19-11-8-12-20(17-19)29(31(25)27)32(26)28/h1-17,29H/q+1/t29-/m0/s1. The highest BCUT2D eigenvalue weighted by Gasteiger charge is 2.48. The molecule has 0 fully saturated rings. The Morgan fingerprint density at radius 1 is 0.656 bits per heavy atom. The van der Waals surface area contributed by atoms with Crippen LogP contribution in [0.2, 0.25) is 0 Å². The lowest BCUT2D eigenvalue weighted by Crippen LogP contribution is -2.37. The molecule has 0 aliphatic carbocycles. The highest BCUT2D eigenvalue weighted by molar-refractivity contribution is 6.23. The van der Waals surface area contributed by atoms with Crippen molar-refractivity contribution < 1.29 is 4.58 Å². The molecule has 1 atom stereocenters. The van der Waals surface area contributed by atoms with Crippen LogP contribution in [0.1, 0.15) is 28.4 Å². The van der Waals surface area contributed by atoms with Crippen LogP contribution in [0.3, 0.4) is 0 Å². The zero-order valence-electron chi connectivity index (χ0n) is 17.2. The predicted molar refractivity (Wildman–Crippen MR) is 128 cm³/mol. The number of amidine groups is 1. The summed E-state index contributed by atoms with van der Waals surface area (Å²) in [5.41, 5.74) is 8.75. The van der Waals surface area contributed by atoms with Crippen molar-refractivity contribution in [2.24, 2.45) is 4.99 Å². The van der Waals surface area contributed by atoms with Crippen LogP contribution in [0, 0.1) is 0 Å². The average molecular weight is 408 g/mol. The summed E-state index contributed by atoms with van der Waals surface area (Å²) in [5.74, 6) is 2.10. The van der Waals surface area contributed by atoms with Gasteiger partial charge in [-0.05, 0) is 34.8 Å². The molecule has 148 valence electrons. The maximum absolute atomic E-state index is 5.34. The third-order valence-electron chi connectivity index (χ3n) is 6.99. The highest BCUT2D eigenvalue weighted by atomic mass is 15.3. The number of fused-ring (bicyclic) bond motifs is 11. The van der Waals surface area contributed by atoms with Gasteiger partial charge >= 0.3 is 5.84 Å². The molecule has 1 aromatic heterocycles. The fourth-order valence-corrected chi connectivity index (χ4v) is 5.75. The monoisotopic (exact) mass is 408 g/mol. The molecule has 3 nitrogen and oxygen atoms in total. The van der Waals surface area contributed by atoms with Gasteiger partial charge in [0.1, 0.15) is 5.71 Å². The fourth-order valence-electron chi connectivity index (χ4n) is 5.75. The van der Waals surface area contributed by atoms with Gasteiger partial charge in [0.15, 0.2) is 0 Å². The Kier molecular flexibility index (Phi) is 2.94. The second-order valence-electron chi connectivity index (χ2n) is 8.65. The summed E-state index contributed by atoms with van der Waals surface area (Å²) in [7, 11) is 0. The minimum absolute atomic E-state index is 0.0382. The lowest BCUT2D eigenvalue weighted by molar-refractivity contribution is -0.468. The minimum Gasteiger partial charge on any atom is -0.259 e. The van der Waals surface area contributed by atoms with Crippen molar-refractivity contribution in [2.75, 3.05) is 0 Å². The first-order chi connectivity index (χ1) is 15.9. The van der Waals surface area contributed by atoms with Crippen molar-refractivity contribution in [2.45, 2.75) is 6.17 Å². The van der Waals surface area contributed by atoms with Gasteiger partial charge in [-0.3, -0.25) is 4.57 Å². The van der Waals surface area contributed by atoms with Crippen LogP contribution < -0.4 is 0 Å². The first-order valence-electron chi connectivity index (χ1n) is 11.0. The molecule has 4 heterocycles. The van der Waals surface area contributed by atoms with E-state index >= 15 is 0 Å². The Labute approximate surface area is 185 Å². The second-order valence-corrected chi connectivity index (χ2v) is 8.65. The van der Waals surface area contributed by atoms with Crippen LogP contribution in [0.5, 0.6) is 0 Å². The molecule has 3 aliphatic rings. The zero-order chi connectivity index (χ0) is 20.8. The molecule has 0 unspecified atom stereocenters. The minimum atomic E-state index is 0.0382. The first kappa shape index (κ1) is 16.5. The lowest BCUT2D eigenvalue weighted by Gasteiger charge is -2.28. The van der Waals surface area contributed by atoms with Crippen molar-refractivity contribution in [3.63, 3.8) is 0 Å². The molecule has 0 N–H and O–H groups in total. The Balaban J connectivity index is 1.58. The molecule has 0 amide bonds. The second kappa shape index (κ2) is 5.71. The fraction of sp³-hybridized carbons (Fsp3) is 0.0345. The molecular formula is C29H18N3+. The third-order valence-corrected chi connectivity index (χ3v) is 6.99. The van der Waals surface area contributed by atoms with Gasteiger partial charge in [-0.1, -0.05) is 78.9 Å². The predicted octanol–water partition coefficient (Wildman–Crippen LogP) is 6.12. The summed E-state index contributed by atoms with van der Waals surface area (Å²) in [4.78, 5) is 5.34. The number of benzene rings is 4. The summed E-state index contributed by atoms with van der Waals surface area (Å²) in [6.07, 6.45) is 0.0382. The van der Waals surface area contributed by atoms with Crippen molar-refractivity contribution in [1.29, 1.82) is 0 Å². The van der Waals surface area contributed by atoms with E-state index in [1.165, 1.54) is 50.0 Å². The number of hydrogen-bond donors (Lipinski definition) is 0. The van der Waals surface area contributed by atoms with Gasteiger partial charge in [-0.2, -0.15) is 4.58 Å². The summed E-state index contributed by atoms with van der Waals surface area (Å²) >= 11 is 0. The largest absolute Gasteiger partial charge is 0.336 e. The molecular weight excluding hydrogens is 390 g/mol. The molecule has 2 bridgehead atoms. The number of aromatic nitrogens is 1. The molecule has 32 heavy (non-hydrogen) atoms. The number of hydrogen-bond acceptors (Lipinski definition) is 1. The molecule has 3 heteroatoms. The Bertz CT molecular complexity index is 1670. The normalized spacial score (nSPS) is 17.1. The van der Waals surface area contributed by atoms with Gasteiger partial charge in [0.05, 0.1) is 16.6 Å². The van der Waals surface area contributed by atoms with Gasteiger partial charge in [-0.15, -0.1) is 0 Å². The van der Waals surface area contributed by atoms with Gasteiger partial charge in [0, 0.05) is 22.1 Å². The van der Waals surface area contributed by atoms with Gasteiger partial charge in [0.25, 0.3) is 5.82 Å².